The molecule has 3 aromatic carbocycles. The first-order chi connectivity index (χ1) is 10.3. The van der Waals surface area contributed by atoms with Gasteiger partial charge >= 0.3 is 0 Å². The molecular formula is C19H20NO+. The van der Waals surface area contributed by atoms with Crippen LogP contribution in [0.5, 0.6) is 5.75 Å². The first-order valence-corrected chi connectivity index (χ1v) is 7.21. The van der Waals surface area contributed by atoms with Crippen molar-refractivity contribution in [2.45, 2.75) is 6.54 Å². The van der Waals surface area contributed by atoms with Crippen molar-refractivity contribution in [1.82, 2.24) is 0 Å². The lowest BCUT2D eigenvalue weighted by Crippen LogP contribution is -3.02. The van der Waals surface area contributed by atoms with Gasteiger partial charge in [0, 0.05) is 17.7 Å². The van der Waals surface area contributed by atoms with Gasteiger partial charge in [-0.05, 0) is 22.9 Å². The Morgan fingerprint density at radius 1 is 0.857 bits per heavy atom. The highest BCUT2D eigenvalue weighted by Gasteiger charge is 2.10. The van der Waals surface area contributed by atoms with E-state index in [1.165, 1.54) is 26.9 Å². The first kappa shape index (κ1) is 13.7. The van der Waals surface area contributed by atoms with Crippen molar-refractivity contribution in [3.63, 3.8) is 0 Å². The van der Waals surface area contributed by atoms with Crippen LogP contribution in [0.3, 0.4) is 0 Å². The van der Waals surface area contributed by atoms with E-state index in [2.05, 4.69) is 61.6 Å². The molecule has 3 aromatic rings. The Bertz CT molecular complexity index is 729. The maximum atomic E-state index is 5.22. The largest absolute Gasteiger partial charge is 0.497 e. The number of hydrogen-bond acceptors (Lipinski definition) is 1. The normalized spacial score (nSPS) is 12.3. The van der Waals surface area contributed by atoms with Gasteiger partial charge in [-0.2, -0.15) is 0 Å². The monoisotopic (exact) mass is 278 g/mol. The molecule has 0 radical (unpaired) electrons. The third-order valence-corrected chi connectivity index (χ3v) is 3.92. The van der Waals surface area contributed by atoms with Gasteiger partial charge in [0.2, 0.25) is 0 Å². The number of quaternary nitrogens is 1. The van der Waals surface area contributed by atoms with E-state index >= 15 is 0 Å². The predicted octanol–water partition coefficient (Wildman–Crippen LogP) is 3.19. The zero-order valence-corrected chi connectivity index (χ0v) is 12.5. The molecule has 3 rings (SSSR count). The molecule has 1 N–H and O–H groups in total. The highest BCUT2D eigenvalue weighted by atomic mass is 16.5. The van der Waals surface area contributed by atoms with Crippen molar-refractivity contribution < 1.29 is 9.64 Å². The number of fused-ring (bicyclic) bond motifs is 1. The molecule has 2 nitrogen and oxygen atoms in total. The molecule has 0 bridgehead atoms. The van der Waals surface area contributed by atoms with Gasteiger partial charge in [-0.15, -0.1) is 0 Å². The summed E-state index contributed by atoms with van der Waals surface area (Å²) in [5.41, 5.74) is 2.64. The molecule has 0 saturated carbocycles. The third-order valence-electron chi connectivity index (χ3n) is 3.92. The van der Waals surface area contributed by atoms with Crippen molar-refractivity contribution in [1.29, 1.82) is 0 Å². The van der Waals surface area contributed by atoms with Gasteiger partial charge in [-0.1, -0.05) is 42.5 Å². The summed E-state index contributed by atoms with van der Waals surface area (Å²) in [5.74, 6) is 0.900. The van der Waals surface area contributed by atoms with Crippen LogP contribution in [0.2, 0.25) is 0 Å². The molecule has 0 saturated heterocycles. The number of nitrogens with one attached hydrogen (secondary N) is 1. The van der Waals surface area contributed by atoms with E-state index in [9.17, 15) is 0 Å². The zero-order chi connectivity index (χ0) is 14.7. The van der Waals surface area contributed by atoms with Gasteiger partial charge in [-0.3, -0.25) is 0 Å². The highest BCUT2D eigenvalue weighted by Crippen LogP contribution is 2.18. The SMILES string of the molecule is COc1ccc([NH+](C)Cc2cccc3ccccc23)cc1. The standard InChI is InChI=1S/C19H19NO/c1-20(17-10-12-18(21-2)13-11-17)14-16-8-5-7-15-6-3-4-9-19(15)16/h3-13H,14H2,1-2H3/p+1. The van der Waals surface area contributed by atoms with Crippen LogP contribution in [0, 0.1) is 0 Å². The quantitative estimate of drug-likeness (QED) is 0.774. The fraction of sp³-hybridized carbons (Fsp3) is 0.158. The Balaban J connectivity index is 1.87. The van der Waals surface area contributed by atoms with E-state index in [-0.39, 0.29) is 0 Å². The molecule has 0 aliphatic heterocycles. The maximum absolute atomic E-state index is 5.22. The van der Waals surface area contributed by atoms with E-state index in [1.807, 2.05) is 12.1 Å². The van der Waals surface area contributed by atoms with E-state index in [0.717, 1.165) is 12.3 Å². The van der Waals surface area contributed by atoms with Crippen molar-refractivity contribution in [3.8, 4) is 5.75 Å². The number of ether oxygens (including phenoxy) is 1. The molecule has 21 heavy (non-hydrogen) atoms. The van der Waals surface area contributed by atoms with Crippen LogP contribution in [0.1, 0.15) is 5.56 Å². The predicted molar refractivity (Wildman–Crippen MR) is 87.2 cm³/mol. The number of methoxy groups -OCH3 is 1. The van der Waals surface area contributed by atoms with Gasteiger partial charge < -0.3 is 9.64 Å². The molecule has 0 aliphatic carbocycles. The Morgan fingerprint density at radius 3 is 2.33 bits per heavy atom. The fourth-order valence-corrected chi connectivity index (χ4v) is 2.71. The Labute approximate surface area is 125 Å². The molecule has 2 heteroatoms. The summed E-state index contributed by atoms with van der Waals surface area (Å²) in [4.78, 5) is 1.37. The zero-order valence-electron chi connectivity index (χ0n) is 12.5. The van der Waals surface area contributed by atoms with Crippen LogP contribution in [0.4, 0.5) is 5.69 Å². The van der Waals surface area contributed by atoms with Gasteiger partial charge in [0.1, 0.15) is 18.0 Å². The number of hydrogen-bond donors (Lipinski definition) is 1. The third kappa shape index (κ3) is 2.91. The first-order valence-electron chi connectivity index (χ1n) is 7.21. The lowest BCUT2D eigenvalue weighted by molar-refractivity contribution is -0.825. The Morgan fingerprint density at radius 2 is 1.57 bits per heavy atom. The molecule has 0 amide bonds. The fourth-order valence-electron chi connectivity index (χ4n) is 2.71. The maximum Gasteiger partial charge on any atom is 0.131 e. The van der Waals surface area contributed by atoms with Crippen LogP contribution in [-0.2, 0) is 6.54 Å². The van der Waals surface area contributed by atoms with Crippen LogP contribution in [0.15, 0.2) is 66.7 Å². The second-order valence-electron chi connectivity index (χ2n) is 5.32. The highest BCUT2D eigenvalue weighted by molar-refractivity contribution is 5.85. The summed E-state index contributed by atoms with van der Waals surface area (Å²) >= 11 is 0. The van der Waals surface area contributed by atoms with Crippen molar-refractivity contribution in [2.75, 3.05) is 14.2 Å². The molecule has 1 atom stereocenters. The summed E-state index contributed by atoms with van der Waals surface area (Å²) < 4.78 is 5.22. The average molecular weight is 278 g/mol. The lowest BCUT2D eigenvalue weighted by atomic mass is 10.0. The van der Waals surface area contributed by atoms with Crippen molar-refractivity contribution >= 4 is 16.5 Å². The average Bonchev–Trinajstić information content (AvgIpc) is 2.55. The molecule has 106 valence electrons. The molecule has 0 spiro atoms. The second kappa shape index (κ2) is 5.98. The summed E-state index contributed by atoms with van der Waals surface area (Å²) in [6, 6.07) is 23.4. The second-order valence-corrected chi connectivity index (χ2v) is 5.32. The molecule has 0 aliphatic rings. The Hall–Kier alpha value is -2.32. The Kier molecular flexibility index (Phi) is 3.89. The van der Waals surface area contributed by atoms with E-state index in [4.69, 9.17) is 4.74 Å². The summed E-state index contributed by atoms with van der Waals surface area (Å²) in [7, 11) is 3.89. The summed E-state index contributed by atoms with van der Waals surface area (Å²) in [5, 5.41) is 2.64. The minimum atomic E-state index is 0.900. The van der Waals surface area contributed by atoms with E-state index in [0.29, 0.717) is 0 Å². The number of rotatable bonds is 4. The summed E-state index contributed by atoms with van der Waals surface area (Å²) in [6.45, 7) is 0.966. The summed E-state index contributed by atoms with van der Waals surface area (Å²) in [6.07, 6.45) is 0. The molecule has 1 unspecified atom stereocenters. The van der Waals surface area contributed by atoms with Gasteiger partial charge in [0.05, 0.1) is 14.2 Å². The van der Waals surface area contributed by atoms with E-state index in [1.54, 1.807) is 7.11 Å². The van der Waals surface area contributed by atoms with Crippen molar-refractivity contribution in [2.24, 2.45) is 0 Å². The molecule has 0 fully saturated rings. The topological polar surface area (TPSA) is 13.7 Å². The molecule has 0 aromatic heterocycles. The van der Waals surface area contributed by atoms with Crippen molar-refractivity contribution in [3.05, 3.63) is 72.3 Å². The van der Waals surface area contributed by atoms with Gasteiger partial charge in [-0.25, -0.2) is 0 Å². The van der Waals surface area contributed by atoms with Crippen LogP contribution < -0.4 is 9.64 Å². The van der Waals surface area contributed by atoms with Crippen LogP contribution in [0.25, 0.3) is 10.8 Å². The van der Waals surface area contributed by atoms with Gasteiger partial charge in [0.15, 0.2) is 0 Å². The molecule has 0 heterocycles. The minimum absolute atomic E-state index is 0.900. The smallest absolute Gasteiger partial charge is 0.131 e. The minimum Gasteiger partial charge on any atom is -0.497 e. The number of benzene rings is 3. The van der Waals surface area contributed by atoms with Gasteiger partial charge in [0.25, 0.3) is 0 Å². The van der Waals surface area contributed by atoms with Crippen LogP contribution >= 0.6 is 0 Å². The van der Waals surface area contributed by atoms with Crippen LogP contribution in [-0.4, -0.2) is 14.2 Å². The molecular weight excluding hydrogens is 258 g/mol. The van der Waals surface area contributed by atoms with E-state index < -0.39 is 0 Å². The lowest BCUT2D eigenvalue weighted by Gasteiger charge is -2.15.